The molecule has 3 fully saturated rings. The number of carbonyl (C=O) groups is 1. The molecule has 0 bridgehead atoms. The number of ether oxygens (including phenoxy) is 1. The van der Waals surface area contributed by atoms with Gasteiger partial charge in [-0.3, -0.25) is 9.89 Å². The largest absolute Gasteiger partial charge is 0.444 e. The van der Waals surface area contributed by atoms with Crippen molar-refractivity contribution in [3.05, 3.63) is 89.0 Å². The molecule has 6 nitrogen and oxygen atoms in total. The Morgan fingerprint density at radius 2 is 1.53 bits per heavy atom. The summed E-state index contributed by atoms with van der Waals surface area (Å²) in [5.74, 6) is -0.567. The van der Waals surface area contributed by atoms with Gasteiger partial charge in [0.1, 0.15) is 11.3 Å². The van der Waals surface area contributed by atoms with Gasteiger partial charge in [0.2, 0.25) is 0 Å². The zero-order valence-electron chi connectivity index (χ0n) is 28.4. The second kappa shape index (κ2) is 13.7. The summed E-state index contributed by atoms with van der Waals surface area (Å²) in [5, 5.41) is 0. The Bertz CT molecular complexity index is 1590. The molecule has 8 heteroatoms. The molecule has 3 heterocycles. The molecule has 3 aromatic rings. The maximum absolute atomic E-state index is 15.7. The van der Waals surface area contributed by atoms with Crippen molar-refractivity contribution < 1.29 is 18.3 Å². The van der Waals surface area contributed by atoms with Crippen LogP contribution in [-0.4, -0.2) is 54.5 Å². The highest BCUT2D eigenvalue weighted by molar-refractivity contribution is 5.92. The number of halogens is 2. The van der Waals surface area contributed by atoms with Crippen molar-refractivity contribution in [2.75, 3.05) is 36.0 Å². The number of hydrogen-bond donors (Lipinski definition) is 0. The standard InChI is InChI=1S/C39H48F2N4O2/c1-26-23-30(15-16-34(26)42-27(2)35-13-9-20-45(35)38(46)47-39(3,4)5)36-14-10-19-44(36)31-24-32(40)37(33(41)25-31)43-21-17-29(18-22-43)28-11-7-6-8-12-28/h6-8,11-12,15-16,23-25,29,35-36H,9-10,13-14,17-22H2,1-5H3/b42-27+/t35-,36?/m0/s1. The Kier molecular flexibility index (Phi) is 9.58. The second-order valence-corrected chi connectivity index (χ2v) is 14.4. The van der Waals surface area contributed by atoms with Crippen LogP contribution in [0.25, 0.3) is 0 Å². The summed E-state index contributed by atoms with van der Waals surface area (Å²) in [6, 6.07) is 19.6. The Morgan fingerprint density at radius 1 is 0.851 bits per heavy atom. The third-order valence-electron chi connectivity index (χ3n) is 9.93. The smallest absolute Gasteiger partial charge is 0.410 e. The fraction of sp³-hybridized carbons (Fsp3) is 0.487. The third-order valence-corrected chi connectivity index (χ3v) is 9.93. The topological polar surface area (TPSA) is 48.4 Å². The molecule has 0 aromatic heterocycles. The molecule has 1 unspecified atom stereocenters. The van der Waals surface area contributed by atoms with Crippen molar-refractivity contribution >= 4 is 28.9 Å². The summed E-state index contributed by atoms with van der Waals surface area (Å²) >= 11 is 0. The molecule has 0 radical (unpaired) electrons. The van der Waals surface area contributed by atoms with Crippen LogP contribution in [0.1, 0.15) is 94.9 Å². The minimum atomic E-state index is -0.546. The summed E-state index contributed by atoms with van der Waals surface area (Å²) in [6.07, 6.45) is 5.09. The van der Waals surface area contributed by atoms with E-state index < -0.39 is 17.2 Å². The highest BCUT2D eigenvalue weighted by Gasteiger charge is 2.34. The van der Waals surface area contributed by atoms with E-state index >= 15 is 8.78 Å². The summed E-state index contributed by atoms with van der Waals surface area (Å²) in [6.45, 7) is 12.3. The summed E-state index contributed by atoms with van der Waals surface area (Å²) in [4.78, 5) is 23.6. The molecule has 3 aliphatic heterocycles. The fourth-order valence-corrected chi connectivity index (χ4v) is 7.62. The van der Waals surface area contributed by atoms with Gasteiger partial charge in [0.05, 0.1) is 17.8 Å². The molecule has 0 aliphatic carbocycles. The Hall–Kier alpha value is -3.94. The van der Waals surface area contributed by atoms with Crippen molar-refractivity contribution in [2.45, 2.75) is 96.7 Å². The van der Waals surface area contributed by atoms with Gasteiger partial charge in [0.25, 0.3) is 0 Å². The van der Waals surface area contributed by atoms with E-state index in [1.54, 1.807) is 4.90 Å². The van der Waals surface area contributed by atoms with Crippen LogP contribution >= 0.6 is 0 Å². The average Bonchev–Trinajstić information content (AvgIpc) is 3.73. The Labute approximate surface area is 278 Å². The van der Waals surface area contributed by atoms with E-state index in [1.807, 2.05) is 51.7 Å². The number of benzene rings is 3. The zero-order valence-corrected chi connectivity index (χ0v) is 28.4. The van der Waals surface area contributed by atoms with Crippen LogP contribution in [-0.2, 0) is 4.74 Å². The molecule has 3 aromatic carbocycles. The first-order valence-electron chi connectivity index (χ1n) is 17.2. The molecule has 0 spiro atoms. The molecule has 0 saturated carbocycles. The number of nitrogens with zero attached hydrogens (tertiary/aromatic N) is 4. The maximum Gasteiger partial charge on any atom is 0.410 e. The molecule has 0 N–H and O–H groups in total. The van der Waals surface area contributed by atoms with Crippen molar-refractivity contribution in [1.82, 2.24) is 4.90 Å². The lowest BCUT2D eigenvalue weighted by Gasteiger charge is -2.35. The average molecular weight is 643 g/mol. The molecule has 250 valence electrons. The van der Waals surface area contributed by atoms with Gasteiger partial charge in [-0.1, -0.05) is 42.5 Å². The Balaban J connectivity index is 1.15. The van der Waals surface area contributed by atoms with Gasteiger partial charge in [-0.05, 0) is 114 Å². The van der Waals surface area contributed by atoms with Crippen LogP contribution < -0.4 is 9.80 Å². The highest BCUT2D eigenvalue weighted by atomic mass is 19.1. The number of carbonyl (C=O) groups excluding carboxylic acids is 1. The van der Waals surface area contributed by atoms with E-state index in [9.17, 15) is 4.79 Å². The first kappa shape index (κ1) is 33.0. The van der Waals surface area contributed by atoms with Gasteiger partial charge >= 0.3 is 6.09 Å². The van der Waals surface area contributed by atoms with Gasteiger partial charge in [0, 0.05) is 37.6 Å². The van der Waals surface area contributed by atoms with Gasteiger partial charge in [-0.25, -0.2) is 13.6 Å². The fourth-order valence-electron chi connectivity index (χ4n) is 7.62. The van der Waals surface area contributed by atoms with E-state index in [2.05, 4.69) is 41.3 Å². The van der Waals surface area contributed by atoms with Crippen molar-refractivity contribution in [2.24, 2.45) is 4.99 Å². The van der Waals surface area contributed by atoms with Crippen molar-refractivity contribution in [3.63, 3.8) is 0 Å². The summed E-state index contributed by atoms with van der Waals surface area (Å²) < 4.78 is 37.0. The minimum Gasteiger partial charge on any atom is -0.444 e. The van der Waals surface area contributed by atoms with Crippen LogP contribution in [0.15, 0.2) is 65.7 Å². The van der Waals surface area contributed by atoms with Gasteiger partial charge in [0.15, 0.2) is 11.6 Å². The van der Waals surface area contributed by atoms with E-state index in [0.717, 1.165) is 67.6 Å². The first-order chi connectivity index (χ1) is 22.5. The van der Waals surface area contributed by atoms with Gasteiger partial charge < -0.3 is 14.5 Å². The van der Waals surface area contributed by atoms with E-state index in [1.165, 1.54) is 17.7 Å². The zero-order chi connectivity index (χ0) is 33.3. The second-order valence-electron chi connectivity index (χ2n) is 14.4. The van der Waals surface area contributed by atoms with Crippen LogP contribution in [0.5, 0.6) is 0 Å². The van der Waals surface area contributed by atoms with E-state index in [-0.39, 0.29) is 23.9 Å². The molecule has 47 heavy (non-hydrogen) atoms. The van der Waals surface area contributed by atoms with Crippen LogP contribution in [0.4, 0.5) is 30.6 Å². The molecule has 2 atom stereocenters. The van der Waals surface area contributed by atoms with Crippen molar-refractivity contribution in [1.29, 1.82) is 0 Å². The lowest BCUT2D eigenvalue weighted by atomic mass is 9.89. The van der Waals surface area contributed by atoms with Crippen LogP contribution in [0.2, 0.25) is 0 Å². The number of aliphatic imine (C=N–C) groups is 1. The maximum atomic E-state index is 15.7. The summed E-state index contributed by atoms with van der Waals surface area (Å²) in [7, 11) is 0. The number of hydrogen-bond acceptors (Lipinski definition) is 5. The molecular formula is C39H48F2N4O2. The number of amides is 1. The van der Waals surface area contributed by atoms with E-state index in [4.69, 9.17) is 9.73 Å². The predicted molar refractivity (Wildman–Crippen MR) is 186 cm³/mol. The minimum absolute atomic E-state index is 0.0246. The summed E-state index contributed by atoms with van der Waals surface area (Å²) in [5.41, 5.74) is 5.33. The predicted octanol–water partition coefficient (Wildman–Crippen LogP) is 9.49. The number of anilines is 2. The quantitative estimate of drug-likeness (QED) is 0.251. The number of rotatable bonds is 6. The molecular weight excluding hydrogens is 594 g/mol. The lowest BCUT2D eigenvalue weighted by molar-refractivity contribution is 0.0265. The molecule has 3 aliphatic rings. The SMILES string of the molecule is C/C(=N\c1ccc(C2CCCN2c2cc(F)c(N3CCC(c4ccccc4)CC3)c(F)c2)cc1C)[C@@H]1CCCN1C(=O)OC(C)(C)C. The molecule has 3 saturated heterocycles. The third kappa shape index (κ3) is 7.31. The van der Waals surface area contributed by atoms with Gasteiger partial charge in [-0.2, -0.15) is 0 Å². The highest BCUT2D eigenvalue weighted by Crippen LogP contribution is 2.41. The van der Waals surface area contributed by atoms with Crippen molar-refractivity contribution in [3.8, 4) is 0 Å². The lowest BCUT2D eigenvalue weighted by Crippen LogP contribution is -2.42. The number of piperidine rings is 1. The van der Waals surface area contributed by atoms with Gasteiger partial charge in [-0.15, -0.1) is 0 Å². The Morgan fingerprint density at radius 3 is 2.19 bits per heavy atom. The normalized spacial score (nSPS) is 21.1. The van der Waals surface area contributed by atoms with Crippen LogP contribution in [0.3, 0.4) is 0 Å². The monoisotopic (exact) mass is 642 g/mol. The number of likely N-dealkylation sites (tertiary alicyclic amines) is 1. The van der Waals surface area contributed by atoms with E-state index in [0.29, 0.717) is 31.2 Å². The number of aryl methyl sites for hydroxylation is 1. The molecule has 6 rings (SSSR count). The van der Waals surface area contributed by atoms with Crippen LogP contribution in [0, 0.1) is 18.6 Å². The molecule has 1 amide bonds. The first-order valence-corrected chi connectivity index (χ1v) is 17.2.